The number of aromatic nitrogens is 1. The summed E-state index contributed by atoms with van der Waals surface area (Å²) in [7, 11) is -4.25. The fourth-order valence-corrected chi connectivity index (χ4v) is 4.41. The highest BCUT2D eigenvalue weighted by molar-refractivity contribution is 7.86. The van der Waals surface area contributed by atoms with Crippen LogP contribution in [0.2, 0.25) is 0 Å². The number of nitrogens with zero attached hydrogens (tertiary/aromatic N) is 1. The van der Waals surface area contributed by atoms with Crippen LogP contribution < -0.4 is 11.1 Å². The highest BCUT2D eigenvalue weighted by atomic mass is 32.2. The van der Waals surface area contributed by atoms with Crippen LogP contribution in [0.4, 0.5) is 17.1 Å². The lowest BCUT2D eigenvalue weighted by atomic mass is 9.88. The normalized spacial score (nSPS) is 13.4. The maximum atomic E-state index is 12.0. The monoisotopic (exact) mass is 399 g/mol. The van der Waals surface area contributed by atoms with E-state index < -0.39 is 15.4 Å². The van der Waals surface area contributed by atoms with Crippen molar-refractivity contribution in [3.8, 4) is 0 Å². The highest BCUT2D eigenvalue weighted by Gasteiger charge is 2.30. The molecule has 0 aliphatic rings. The minimum Gasteiger partial charge on any atom is -0.396 e. The number of hydrogen-bond acceptors (Lipinski definition) is 5. The lowest BCUT2D eigenvalue weighted by Crippen LogP contribution is -2.19. The highest BCUT2D eigenvalue weighted by Crippen LogP contribution is 2.37. The molecule has 1 heterocycles. The molecule has 0 aliphatic heterocycles. The van der Waals surface area contributed by atoms with E-state index in [1.807, 2.05) is 51.1 Å². The fourth-order valence-electron chi connectivity index (χ4n) is 3.21. The van der Waals surface area contributed by atoms with Gasteiger partial charge in [-0.2, -0.15) is 8.42 Å². The minimum absolute atomic E-state index is 0.268. The molecule has 6 nitrogen and oxygen atoms in total. The third-order valence-electron chi connectivity index (χ3n) is 4.49. The van der Waals surface area contributed by atoms with E-state index >= 15 is 0 Å². The summed E-state index contributed by atoms with van der Waals surface area (Å²) in [5.74, 6) is 0. The fraction of sp³-hybridized carbons (Fsp3) is 0.286. The van der Waals surface area contributed by atoms with Crippen LogP contribution in [0.3, 0.4) is 0 Å². The van der Waals surface area contributed by atoms with E-state index in [1.165, 1.54) is 0 Å². The van der Waals surface area contributed by atoms with Crippen molar-refractivity contribution >= 4 is 38.1 Å². The molecule has 148 valence electrons. The Kier molecular flexibility index (Phi) is 5.32. The molecule has 0 amide bonds. The van der Waals surface area contributed by atoms with Gasteiger partial charge in [0.1, 0.15) is 5.25 Å². The molecule has 3 rings (SSSR count). The molecule has 28 heavy (non-hydrogen) atoms. The van der Waals surface area contributed by atoms with Crippen molar-refractivity contribution in [1.29, 1.82) is 0 Å². The predicted molar refractivity (Wildman–Crippen MR) is 114 cm³/mol. The van der Waals surface area contributed by atoms with Crippen molar-refractivity contribution in [3.63, 3.8) is 0 Å². The van der Waals surface area contributed by atoms with Crippen LogP contribution in [0.25, 0.3) is 10.9 Å². The molecule has 4 N–H and O–H groups in total. The van der Waals surface area contributed by atoms with Crippen LogP contribution in [-0.4, -0.2) is 18.0 Å². The maximum absolute atomic E-state index is 12.0. The molecule has 0 aliphatic carbocycles. The first-order valence-corrected chi connectivity index (χ1v) is 10.5. The maximum Gasteiger partial charge on any atom is 0.272 e. The largest absolute Gasteiger partial charge is 0.396 e. The van der Waals surface area contributed by atoms with Crippen molar-refractivity contribution in [1.82, 2.24) is 4.98 Å². The quantitative estimate of drug-likeness (QED) is 0.526. The topological polar surface area (TPSA) is 105 Å². The summed E-state index contributed by atoms with van der Waals surface area (Å²) in [6.45, 7) is 5.82. The van der Waals surface area contributed by atoms with E-state index in [1.54, 1.807) is 24.4 Å². The van der Waals surface area contributed by atoms with Crippen LogP contribution in [0.1, 0.15) is 38.0 Å². The standard InChI is InChI=1S/C21H25N3O3S/c1-21(2,3)12-19(28(25,26)27)14-7-6-8-15(11-14)24-20-16-9-4-5-10-18(16)23-13-17(20)22/h4-11,13,19H,12,22H2,1-3H3,(H,23,24)(H,25,26,27). The van der Waals surface area contributed by atoms with E-state index in [0.29, 0.717) is 29.0 Å². The number of para-hydroxylation sites is 1. The van der Waals surface area contributed by atoms with Gasteiger partial charge >= 0.3 is 0 Å². The number of anilines is 3. The Morgan fingerprint density at radius 3 is 2.54 bits per heavy atom. The molecule has 1 aromatic heterocycles. The Labute approximate surface area is 165 Å². The van der Waals surface area contributed by atoms with Crippen molar-refractivity contribution in [3.05, 3.63) is 60.3 Å². The van der Waals surface area contributed by atoms with Crippen LogP contribution in [0.15, 0.2) is 54.7 Å². The summed E-state index contributed by atoms with van der Waals surface area (Å²) in [5, 5.41) is 3.15. The van der Waals surface area contributed by atoms with Gasteiger partial charge in [-0.1, -0.05) is 51.1 Å². The zero-order valence-electron chi connectivity index (χ0n) is 16.2. The van der Waals surface area contributed by atoms with Gasteiger partial charge < -0.3 is 11.1 Å². The average molecular weight is 400 g/mol. The molecule has 0 saturated carbocycles. The summed E-state index contributed by atoms with van der Waals surface area (Å²) < 4.78 is 33.8. The molecule has 0 saturated heterocycles. The minimum atomic E-state index is -4.25. The second kappa shape index (κ2) is 7.41. The van der Waals surface area contributed by atoms with Crippen molar-refractivity contribution in [2.24, 2.45) is 5.41 Å². The Morgan fingerprint density at radius 1 is 1.14 bits per heavy atom. The molecule has 1 unspecified atom stereocenters. The van der Waals surface area contributed by atoms with Gasteiger partial charge in [-0.25, -0.2) is 0 Å². The molecule has 0 fully saturated rings. The van der Waals surface area contributed by atoms with Crippen LogP contribution in [-0.2, 0) is 10.1 Å². The van der Waals surface area contributed by atoms with Gasteiger partial charge in [0.05, 0.1) is 23.1 Å². The van der Waals surface area contributed by atoms with Gasteiger partial charge in [0.2, 0.25) is 0 Å². The molecule has 7 heteroatoms. The molecule has 0 radical (unpaired) electrons. The second-order valence-electron chi connectivity index (χ2n) is 8.12. The lowest BCUT2D eigenvalue weighted by Gasteiger charge is -2.24. The molecule has 0 bridgehead atoms. The summed E-state index contributed by atoms with van der Waals surface area (Å²) in [6.07, 6.45) is 1.89. The zero-order chi connectivity index (χ0) is 20.5. The molecule has 1 atom stereocenters. The number of fused-ring (bicyclic) bond motifs is 1. The average Bonchev–Trinajstić information content (AvgIpc) is 2.61. The first kappa shape index (κ1) is 20.1. The molecular weight excluding hydrogens is 374 g/mol. The first-order chi connectivity index (χ1) is 13.0. The van der Waals surface area contributed by atoms with Crippen LogP contribution >= 0.6 is 0 Å². The zero-order valence-corrected chi connectivity index (χ0v) is 17.0. The number of nitrogens with one attached hydrogen (secondary N) is 1. The van der Waals surface area contributed by atoms with Crippen molar-refractivity contribution in [2.45, 2.75) is 32.4 Å². The van der Waals surface area contributed by atoms with Crippen LogP contribution in [0.5, 0.6) is 0 Å². The van der Waals surface area contributed by atoms with Gasteiger partial charge in [-0.15, -0.1) is 0 Å². The van der Waals surface area contributed by atoms with Gasteiger partial charge in [0.25, 0.3) is 10.1 Å². The SMILES string of the molecule is CC(C)(C)CC(c1cccc(Nc2c(N)cnc3ccccc23)c1)S(=O)(=O)O. The Bertz CT molecular complexity index is 1110. The van der Waals surface area contributed by atoms with Gasteiger partial charge in [-0.3, -0.25) is 9.54 Å². The summed E-state index contributed by atoms with van der Waals surface area (Å²) in [5.41, 5.74) is 9.07. The predicted octanol–water partition coefficient (Wildman–Crippen LogP) is 4.93. The number of benzene rings is 2. The Balaban J connectivity index is 2.02. The third kappa shape index (κ3) is 4.61. The second-order valence-corrected chi connectivity index (χ2v) is 9.72. The van der Waals surface area contributed by atoms with E-state index in [-0.39, 0.29) is 5.41 Å². The smallest absolute Gasteiger partial charge is 0.272 e. The van der Waals surface area contributed by atoms with Crippen molar-refractivity contribution < 1.29 is 13.0 Å². The lowest BCUT2D eigenvalue weighted by molar-refractivity contribution is 0.355. The molecular formula is C21H25N3O3S. The Morgan fingerprint density at radius 2 is 1.86 bits per heavy atom. The Hall–Kier alpha value is -2.64. The van der Waals surface area contributed by atoms with Gasteiger partial charge in [-0.05, 0) is 35.6 Å². The number of pyridine rings is 1. The summed E-state index contributed by atoms with van der Waals surface area (Å²) >= 11 is 0. The van der Waals surface area contributed by atoms with E-state index in [4.69, 9.17) is 5.73 Å². The van der Waals surface area contributed by atoms with Crippen molar-refractivity contribution in [2.75, 3.05) is 11.1 Å². The number of nitrogens with two attached hydrogens (primary N) is 1. The van der Waals surface area contributed by atoms with E-state index in [0.717, 1.165) is 10.9 Å². The van der Waals surface area contributed by atoms with E-state index in [2.05, 4.69) is 10.3 Å². The van der Waals surface area contributed by atoms with Gasteiger partial charge in [0.15, 0.2) is 0 Å². The van der Waals surface area contributed by atoms with Gasteiger partial charge in [0, 0.05) is 11.1 Å². The molecule has 0 spiro atoms. The summed E-state index contributed by atoms with van der Waals surface area (Å²) in [4.78, 5) is 4.32. The number of hydrogen-bond donors (Lipinski definition) is 3. The number of nitrogen functional groups attached to an aromatic ring is 1. The molecule has 2 aromatic carbocycles. The first-order valence-electron chi connectivity index (χ1n) is 9.01. The van der Waals surface area contributed by atoms with E-state index in [9.17, 15) is 13.0 Å². The van der Waals surface area contributed by atoms with Crippen LogP contribution in [0, 0.1) is 5.41 Å². The third-order valence-corrected chi connectivity index (χ3v) is 5.65. The summed E-state index contributed by atoms with van der Waals surface area (Å²) in [6, 6.07) is 14.7. The number of rotatable bonds is 5. The molecule has 3 aromatic rings.